The van der Waals surface area contributed by atoms with Crippen molar-refractivity contribution in [2.24, 2.45) is 5.92 Å². The molecule has 0 bridgehead atoms. The van der Waals surface area contributed by atoms with Gasteiger partial charge >= 0.3 is 5.97 Å². The first-order valence-corrected chi connectivity index (χ1v) is 12.1. The number of unbranched alkanes of at least 4 members (excludes halogenated alkanes) is 13. The fourth-order valence-electron chi connectivity index (χ4n) is 3.73. The molecule has 30 heavy (non-hydrogen) atoms. The molecule has 176 valence electrons. The summed E-state index contributed by atoms with van der Waals surface area (Å²) in [4.78, 5) is 23.6. The van der Waals surface area contributed by atoms with E-state index < -0.39 is 23.8 Å². The van der Waals surface area contributed by atoms with Gasteiger partial charge < -0.3 is 14.7 Å². The highest BCUT2D eigenvalue weighted by atomic mass is 16.4. The van der Waals surface area contributed by atoms with E-state index >= 15 is 0 Å². The maximum absolute atomic E-state index is 12.2. The minimum absolute atomic E-state index is 0.218. The Morgan fingerprint density at radius 2 is 1.23 bits per heavy atom. The Hall–Kier alpha value is -1.20. The molecule has 0 rings (SSSR count). The Bertz CT molecular complexity index is 482. The quantitative estimate of drug-likeness (QED) is 0.119. The molecule has 0 fully saturated rings. The number of carbonyl (C=O) groups excluding carboxylic acids is 1. The highest BCUT2D eigenvalue weighted by Gasteiger charge is 2.35. The third-order valence-electron chi connectivity index (χ3n) is 5.45. The first-order valence-electron chi connectivity index (χ1n) is 12.1. The van der Waals surface area contributed by atoms with Gasteiger partial charge in [0.05, 0.1) is 21.1 Å². The van der Waals surface area contributed by atoms with Crippen LogP contribution in [0.3, 0.4) is 0 Å². The van der Waals surface area contributed by atoms with Gasteiger partial charge in [-0.1, -0.05) is 90.0 Å². The molecule has 2 N–H and O–H groups in total. The largest absolute Gasteiger partial charge is 0.481 e. The molecular weight excluding hydrogens is 378 g/mol. The van der Waals surface area contributed by atoms with Crippen LogP contribution in [0.5, 0.6) is 0 Å². The lowest BCUT2D eigenvalue weighted by Crippen LogP contribution is -2.47. The Balaban J connectivity index is 3.81. The summed E-state index contributed by atoms with van der Waals surface area (Å²) in [7, 11) is 5.57. The summed E-state index contributed by atoms with van der Waals surface area (Å²) in [6.07, 6.45) is 19.6. The van der Waals surface area contributed by atoms with Gasteiger partial charge in [-0.05, 0) is 18.9 Å². The molecule has 0 aromatic carbocycles. The molecule has 0 spiro atoms. The number of rotatable bonds is 20. The average molecular weight is 427 g/mol. The van der Waals surface area contributed by atoms with E-state index in [1.165, 1.54) is 76.7 Å². The molecule has 0 aliphatic rings. The zero-order valence-electron chi connectivity index (χ0n) is 20.1. The number of quaternary nitrogens is 1. The monoisotopic (exact) mass is 426 g/mol. The van der Waals surface area contributed by atoms with Crippen LogP contribution in [0.15, 0.2) is 12.2 Å². The van der Waals surface area contributed by atoms with Crippen LogP contribution in [0, 0.1) is 5.92 Å². The van der Waals surface area contributed by atoms with Crippen molar-refractivity contribution in [3.63, 3.8) is 0 Å². The van der Waals surface area contributed by atoms with Gasteiger partial charge in [-0.25, -0.2) is 0 Å². The Morgan fingerprint density at radius 1 is 0.800 bits per heavy atom. The van der Waals surface area contributed by atoms with Crippen molar-refractivity contribution in [1.29, 1.82) is 0 Å². The topological polar surface area (TPSA) is 74.6 Å². The molecule has 0 saturated carbocycles. The number of nitrogens with zero attached hydrogens (tertiary/aromatic N) is 1. The highest BCUT2D eigenvalue weighted by Crippen LogP contribution is 2.14. The lowest BCUT2D eigenvalue weighted by Gasteiger charge is -2.28. The average Bonchev–Trinajstić information content (AvgIpc) is 2.63. The number of carboxylic acid groups (broad SMARTS) is 1. The molecule has 2 atom stereocenters. The summed E-state index contributed by atoms with van der Waals surface area (Å²) < 4.78 is 0.404. The van der Waals surface area contributed by atoms with E-state index in [0.29, 0.717) is 4.48 Å². The van der Waals surface area contributed by atoms with Crippen LogP contribution >= 0.6 is 0 Å². The van der Waals surface area contributed by atoms with Crippen LogP contribution in [0.4, 0.5) is 0 Å². The van der Waals surface area contributed by atoms with Crippen LogP contribution in [-0.4, -0.2) is 60.2 Å². The summed E-state index contributed by atoms with van der Waals surface area (Å²) in [6.45, 7) is 2.47. The number of aliphatic hydroxyl groups is 1. The standard InChI is InChI=1S/C25H47NO4/c1-5-6-7-8-9-10-11-12-13-14-15-16-17-18-19-20-22(27)24(25(29)30)23(28)21-26(2,3)4/h19-20,23-24,28H,5-18,21H2,1-4H3/p+1/b20-19+. The lowest BCUT2D eigenvalue weighted by atomic mass is 9.96. The van der Waals surface area contributed by atoms with Gasteiger partial charge in [0.25, 0.3) is 0 Å². The first kappa shape index (κ1) is 28.8. The third kappa shape index (κ3) is 16.6. The van der Waals surface area contributed by atoms with Crippen LogP contribution in [0.2, 0.25) is 0 Å². The van der Waals surface area contributed by atoms with E-state index in [0.717, 1.165) is 19.3 Å². The minimum atomic E-state index is -1.38. The summed E-state index contributed by atoms with van der Waals surface area (Å²) in [5.41, 5.74) is 0. The molecule has 0 aromatic heterocycles. The maximum Gasteiger partial charge on any atom is 0.317 e. The highest BCUT2D eigenvalue weighted by molar-refractivity contribution is 6.04. The van der Waals surface area contributed by atoms with Crippen LogP contribution < -0.4 is 0 Å². The molecule has 0 heterocycles. The van der Waals surface area contributed by atoms with Gasteiger partial charge in [-0.15, -0.1) is 0 Å². The molecule has 5 heteroatoms. The first-order chi connectivity index (χ1) is 14.2. The zero-order chi connectivity index (χ0) is 22.8. The van der Waals surface area contributed by atoms with Gasteiger partial charge in [0.1, 0.15) is 12.6 Å². The molecule has 0 aliphatic heterocycles. The molecule has 0 aliphatic carbocycles. The van der Waals surface area contributed by atoms with Crippen molar-refractivity contribution >= 4 is 11.8 Å². The Morgan fingerprint density at radius 3 is 1.63 bits per heavy atom. The molecule has 5 nitrogen and oxygen atoms in total. The molecular formula is C25H48NO4+. The fraction of sp³-hybridized carbons (Fsp3) is 0.840. The summed E-state index contributed by atoms with van der Waals surface area (Å²) >= 11 is 0. The van der Waals surface area contributed by atoms with Crippen LogP contribution in [0.1, 0.15) is 96.8 Å². The van der Waals surface area contributed by atoms with E-state index in [1.807, 2.05) is 21.1 Å². The summed E-state index contributed by atoms with van der Waals surface area (Å²) in [6, 6.07) is 0. The van der Waals surface area contributed by atoms with E-state index in [2.05, 4.69) is 6.92 Å². The number of carbonyl (C=O) groups is 2. The number of carboxylic acids is 1. The smallest absolute Gasteiger partial charge is 0.317 e. The van der Waals surface area contributed by atoms with Crippen molar-refractivity contribution in [2.45, 2.75) is 103 Å². The van der Waals surface area contributed by atoms with Crippen molar-refractivity contribution in [2.75, 3.05) is 27.7 Å². The molecule has 0 amide bonds. The zero-order valence-corrected chi connectivity index (χ0v) is 20.1. The van der Waals surface area contributed by atoms with E-state index in [-0.39, 0.29) is 6.54 Å². The normalized spacial score (nSPS) is 14.2. The van der Waals surface area contributed by atoms with Crippen molar-refractivity contribution in [1.82, 2.24) is 0 Å². The number of aliphatic hydroxyl groups excluding tert-OH is 1. The second kappa shape index (κ2) is 17.5. The number of aliphatic carboxylic acids is 1. The van der Waals surface area contributed by atoms with Gasteiger partial charge in [-0.3, -0.25) is 9.59 Å². The Kier molecular flexibility index (Phi) is 16.8. The van der Waals surface area contributed by atoms with Gasteiger partial charge in [0.15, 0.2) is 11.7 Å². The predicted octanol–water partition coefficient (Wildman–Crippen LogP) is 5.36. The third-order valence-corrected chi connectivity index (χ3v) is 5.45. The summed E-state index contributed by atoms with van der Waals surface area (Å²) in [5.74, 6) is -3.16. The molecule has 0 radical (unpaired) electrons. The van der Waals surface area contributed by atoms with Gasteiger partial charge in [0.2, 0.25) is 0 Å². The van der Waals surface area contributed by atoms with Crippen LogP contribution in [0.25, 0.3) is 0 Å². The van der Waals surface area contributed by atoms with Crippen molar-refractivity contribution in [3.8, 4) is 0 Å². The van der Waals surface area contributed by atoms with Crippen molar-refractivity contribution in [3.05, 3.63) is 12.2 Å². The predicted molar refractivity (Wildman–Crippen MR) is 124 cm³/mol. The SMILES string of the molecule is CCCCCCCCCCCCCCC/C=C/C(=O)C(C(=O)O)C(O)C[N+](C)(C)C. The fourth-order valence-corrected chi connectivity index (χ4v) is 3.73. The van der Waals surface area contributed by atoms with E-state index in [4.69, 9.17) is 0 Å². The number of likely N-dealkylation sites (N-methyl/N-ethyl adjacent to an activating group) is 1. The Labute approximate surface area is 185 Å². The maximum atomic E-state index is 12.2. The lowest BCUT2D eigenvalue weighted by molar-refractivity contribution is -0.873. The second-order valence-corrected chi connectivity index (χ2v) is 9.69. The van der Waals surface area contributed by atoms with Gasteiger partial charge in [-0.2, -0.15) is 0 Å². The molecule has 2 unspecified atom stereocenters. The molecule has 0 aromatic rings. The minimum Gasteiger partial charge on any atom is -0.481 e. The number of hydrogen-bond acceptors (Lipinski definition) is 3. The number of hydrogen-bond donors (Lipinski definition) is 2. The van der Waals surface area contributed by atoms with Gasteiger partial charge in [0, 0.05) is 0 Å². The van der Waals surface area contributed by atoms with E-state index in [1.54, 1.807) is 6.08 Å². The molecule has 0 saturated heterocycles. The van der Waals surface area contributed by atoms with Crippen LogP contribution in [-0.2, 0) is 9.59 Å². The summed E-state index contributed by atoms with van der Waals surface area (Å²) in [5, 5.41) is 19.5. The van der Waals surface area contributed by atoms with Crippen molar-refractivity contribution < 1.29 is 24.3 Å². The number of ketones is 1. The van der Waals surface area contributed by atoms with E-state index in [9.17, 15) is 19.8 Å². The second-order valence-electron chi connectivity index (χ2n) is 9.69. The number of allylic oxidation sites excluding steroid dienone is 2.